The molecule has 3 aromatic carbocycles. The molecule has 150 valence electrons. The Morgan fingerprint density at radius 3 is 2.33 bits per heavy atom. The van der Waals surface area contributed by atoms with Gasteiger partial charge in [-0.1, -0.05) is 18.2 Å². The molecule has 1 aliphatic heterocycles. The highest BCUT2D eigenvalue weighted by Crippen LogP contribution is 2.42. The van der Waals surface area contributed by atoms with Gasteiger partial charge in [0, 0.05) is 33.6 Å². The van der Waals surface area contributed by atoms with Crippen LogP contribution >= 0.6 is 12.4 Å². The maximum absolute atomic E-state index is 13.8. The quantitative estimate of drug-likeness (QED) is 0.323. The van der Waals surface area contributed by atoms with Crippen LogP contribution in [0.3, 0.4) is 0 Å². The minimum Gasteiger partial charge on any atom is -0.353 e. The molecule has 6 rings (SSSR count). The van der Waals surface area contributed by atoms with Gasteiger partial charge >= 0.3 is 0 Å². The maximum Gasteiger partial charge on any atom is 0.259 e. The topological polar surface area (TPSA) is 89.8 Å². The van der Waals surface area contributed by atoms with Gasteiger partial charge in [0.15, 0.2) is 0 Å². The van der Waals surface area contributed by atoms with Gasteiger partial charge in [-0.15, -0.1) is 12.4 Å². The number of aromatic amines is 2. The molecule has 30 heavy (non-hydrogen) atoms. The number of carbonyl (C=O) groups excluding carboxylic acids is 2. The zero-order chi connectivity index (χ0) is 19.9. The van der Waals surface area contributed by atoms with Gasteiger partial charge in [0.1, 0.15) is 5.82 Å². The number of aromatic nitrogens is 2. The first-order chi connectivity index (χ1) is 14.1. The zero-order valence-electron chi connectivity index (χ0n) is 15.8. The van der Waals surface area contributed by atoms with E-state index in [-0.39, 0.29) is 18.2 Å². The fourth-order valence-corrected chi connectivity index (χ4v) is 4.61. The maximum atomic E-state index is 13.8. The lowest BCUT2D eigenvalue weighted by molar-refractivity contribution is 0.0880. The van der Waals surface area contributed by atoms with Crippen LogP contribution in [0.25, 0.3) is 43.6 Å². The molecule has 0 atom stereocenters. The van der Waals surface area contributed by atoms with Gasteiger partial charge in [0.2, 0.25) is 0 Å². The van der Waals surface area contributed by atoms with Gasteiger partial charge < -0.3 is 15.3 Å². The number of para-hydroxylation sites is 1. The number of carbonyl (C=O) groups is 2. The molecular formula is C22H16ClFN4O2. The monoisotopic (exact) mass is 422 g/mol. The van der Waals surface area contributed by atoms with Crippen LogP contribution in [-0.4, -0.2) is 28.8 Å². The van der Waals surface area contributed by atoms with E-state index in [2.05, 4.69) is 20.6 Å². The van der Waals surface area contributed by atoms with Gasteiger partial charge in [-0.25, -0.2) is 4.39 Å². The fourth-order valence-electron chi connectivity index (χ4n) is 4.61. The molecule has 0 spiro atoms. The number of halogens is 2. The Hall–Kier alpha value is -3.42. The summed E-state index contributed by atoms with van der Waals surface area (Å²) in [5.41, 5.74) is 4.68. The summed E-state index contributed by atoms with van der Waals surface area (Å²) in [6.45, 7) is 0.651. The van der Waals surface area contributed by atoms with Crippen molar-refractivity contribution in [2.45, 2.75) is 6.54 Å². The van der Waals surface area contributed by atoms with Gasteiger partial charge in [0.05, 0.1) is 27.7 Å². The minimum atomic E-state index is -0.428. The molecule has 0 saturated carbocycles. The molecule has 0 fully saturated rings. The first-order valence-electron chi connectivity index (χ1n) is 9.29. The molecule has 3 heterocycles. The number of benzene rings is 3. The van der Waals surface area contributed by atoms with E-state index in [9.17, 15) is 14.0 Å². The summed E-state index contributed by atoms with van der Waals surface area (Å²) in [6.07, 6.45) is 0. The predicted octanol–water partition coefficient (Wildman–Crippen LogP) is 4.12. The van der Waals surface area contributed by atoms with Crippen LogP contribution in [-0.2, 0) is 6.54 Å². The van der Waals surface area contributed by atoms with Crippen molar-refractivity contribution in [2.24, 2.45) is 0 Å². The number of imide groups is 1. The van der Waals surface area contributed by atoms with Crippen LogP contribution in [0.1, 0.15) is 26.3 Å². The number of hydrogen-bond donors (Lipinski definition) is 4. The van der Waals surface area contributed by atoms with E-state index in [1.807, 2.05) is 25.2 Å². The number of hydrogen-bond acceptors (Lipinski definition) is 3. The van der Waals surface area contributed by atoms with Crippen LogP contribution < -0.4 is 10.6 Å². The average Bonchev–Trinajstić information content (AvgIpc) is 3.33. The van der Waals surface area contributed by atoms with E-state index in [0.717, 1.165) is 22.0 Å². The Labute approximate surface area is 175 Å². The van der Waals surface area contributed by atoms with Gasteiger partial charge in [-0.05, 0) is 30.8 Å². The molecule has 0 bridgehead atoms. The summed E-state index contributed by atoms with van der Waals surface area (Å²) >= 11 is 0. The second-order valence-corrected chi connectivity index (χ2v) is 7.34. The Bertz CT molecular complexity index is 1550. The zero-order valence-corrected chi connectivity index (χ0v) is 16.6. The Kier molecular flexibility index (Phi) is 3.90. The van der Waals surface area contributed by atoms with Crippen molar-refractivity contribution in [3.63, 3.8) is 0 Å². The summed E-state index contributed by atoms with van der Waals surface area (Å²) < 4.78 is 13.8. The second kappa shape index (κ2) is 6.29. The van der Waals surface area contributed by atoms with Crippen LogP contribution in [0.2, 0.25) is 0 Å². The van der Waals surface area contributed by atoms with Crippen LogP contribution in [0.5, 0.6) is 0 Å². The van der Waals surface area contributed by atoms with E-state index < -0.39 is 11.8 Å². The fraction of sp³-hybridized carbons (Fsp3) is 0.0909. The molecule has 4 N–H and O–H groups in total. The largest absolute Gasteiger partial charge is 0.353 e. The Morgan fingerprint density at radius 1 is 0.900 bits per heavy atom. The molecule has 2 aromatic heterocycles. The number of fused-ring (bicyclic) bond motifs is 10. The average molecular weight is 423 g/mol. The molecule has 8 heteroatoms. The van der Waals surface area contributed by atoms with Crippen LogP contribution in [0, 0.1) is 5.82 Å². The first-order valence-corrected chi connectivity index (χ1v) is 9.29. The number of amides is 2. The summed E-state index contributed by atoms with van der Waals surface area (Å²) in [6, 6.07) is 10.3. The molecule has 1 aliphatic rings. The minimum absolute atomic E-state index is 0. The first kappa shape index (κ1) is 18.6. The third-order valence-corrected chi connectivity index (χ3v) is 5.73. The lowest BCUT2D eigenvalue weighted by Gasteiger charge is -2.03. The number of H-pyrrole nitrogens is 2. The summed E-state index contributed by atoms with van der Waals surface area (Å²) in [7, 11) is 1.87. The number of rotatable bonds is 2. The van der Waals surface area contributed by atoms with Crippen molar-refractivity contribution < 1.29 is 14.0 Å². The van der Waals surface area contributed by atoms with Crippen molar-refractivity contribution in [3.8, 4) is 0 Å². The van der Waals surface area contributed by atoms with Crippen LogP contribution in [0.15, 0.2) is 36.4 Å². The van der Waals surface area contributed by atoms with Crippen molar-refractivity contribution >= 4 is 67.8 Å². The van der Waals surface area contributed by atoms with Crippen molar-refractivity contribution in [2.75, 3.05) is 7.05 Å². The molecule has 6 nitrogen and oxygen atoms in total. The molecule has 0 saturated heterocycles. The standard InChI is InChI=1S/C22H15FN4O2.ClH/c1-24-8-9-3-2-4-12-15-17-16(21(28)27-22(17)29)14-11-6-5-10(23)7-13(11)25-19(14)20(15)26-18(9)12;/h2-7,24-26H,8H2,1H3,(H,27,28,29);1H. The predicted molar refractivity (Wildman–Crippen MR) is 117 cm³/mol. The molecule has 5 aromatic rings. The lowest BCUT2D eigenvalue weighted by Crippen LogP contribution is -2.20. The molecule has 0 radical (unpaired) electrons. The van der Waals surface area contributed by atoms with Gasteiger partial charge in [0.25, 0.3) is 11.8 Å². The molecule has 0 unspecified atom stereocenters. The smallest absolute Gasteiger partial charge is 0.259 e. The number of nitrogens with one attached hydrogen (secondary N) is 4. The highest BCUT2D eigenvalue weighted by atomic mass is 35.5. The Balaban J connectivity index is 0.00000193. The third-order valence-electron chi connectivity index (χ3n) is 5.73. The SMILES string of the molecule is CNCc1cccc2c1[nH]c1c3[nH]c4cc(F)ccc4c3c3c(c21)C(=O)NC3=O.Cl. The van der Waals surface area contributed by atoms with Gasteiger partial charge in [-0.2, -0.15) is 0 Å². The van der Waals surface area contributed by atoms with Crippen molar-refractivity contribution in [1.82, 2.24) is 20.6 Å². The molecule has 2 amide bonds. The lowest BCUT2D eigenvalue weighted by atomic mass is 9.96. The normalized spacial score (nSPS) is 13.4. The van der Waals surface area contributed by atoms with E-state index in [1.165, 1.54) is 12.1 Å². The summed E-state index contributed by atoms with van der Waals surface area (Å²) in [4.78, 5) is 32.2. The van der Waals surface area contributed by atoms with E-state index >= 15 is 0 Å². The highest BCUT2D eigenvalue weighted by Gasteiger charge is 2.34. The van der Waals surface area contributed by atoms with E-state index in [0.29, 0.717) is 44.9 Å². The van der Waals surface area contributed by atoms with E-state index in [1.54, 1.807) is 6.07 Å². The van der Waals surface area contributed by atoms with E-state index in [4.69, 9.17) is 0 Å². The van der Waals surface area contributed by atoms with Crippen LogP contribution in [0.4, 0.5) is 4.39 Å². The van der Waals surface area contributed by atoms with Gasteiger partial charge in [-0.3, -0.25) is 14.9 Å². The Morgan fingerprint density at radius 2 is 1.60 bits per heavy atom. The van der Waals surface area contributed by atoms with Crippen molar-refractivity contribution in [1.29, 1.82) is 0 Å². The molecule has 0 aliphatic carbocycles. The summed E-state index contributed by atoms with van der Waals surface area (Å²) in [5.74, 6) is -1.21. The highest BCUT2D eigenvalue weighted by molar-refractivity contribution is 6.39. The van der Waals surface area contributed by atoms with Crippen molar-refractivity contribution in [3.05, 3.63) is 58.9 Å². The third kappa shape index (κ3) is 2.21. The molecular weight excluding hydrogens is 407 g/mol. The summed E-state index contributed by atoms with van der Waals surface area (Å²) in [5, 5.41) is 8.50. The second-order valence-electron chi connectivity index (χ2n) is 7.34.